The Hall–Kier alpha value is -1.68. The Morgan fingerprint density at radius 3 is 2.43 bits per heavy atom. The number of nitrogens with one attached hydrogen (secondary N) is 1. The average molecular weight is 414 g/mol. The molecular weight excluding hydrogens is 382 g/mol. The molecule has 158 valence electrons. The van der Waals surface area contributed by atoms with Crippen LogP contribution in [0.2, 0.25) is 0 Å². The van der Waals surface area contributed by atoms with Crippen LogP contribution in [0.5, 0.6) is 5.75 Å². The van der Waals surface area contributed by atoms with Gasteiger partial charge in [-0.05, 0) is 37.0 Å². The lowest BCUT2D eigenvalue weighted by Crippen LogP contribution is -2.50. The van der Waals surface area contributed by atoms with Gasteiger partial charge in [0.2, 0.25) is 5.91 Å². The first-order chi connectivity index (χ1) is 13.3. The van der Waals surface area contributed by atoms with Gasteiger partial charge in [0.15, 0.2) is 0 Å². The van der Waals surface area contributed by atoms with E-state index in [9.17, 15) is 13.2 Å². The van der Waals surface area contributed by atoms with Crippen LogP contribution in [0.15, 0.2) is 24.3 Å². The molecule has 1 fully saturated rings. The van der Waals surface area contributed by atoms with Gasteiger partial charge in [-0.2, -0.15) is 17.0 Å². The summed E-state index contributed by atoms with van der Waals surface area (Å²) in [5, 5.41) is 2.84. The Morgan fingerprint density at radius 1 is 1.21 bits per heavy atom. The number of rotatable bonds is 10. The van der Waals surface area contributed by atoms with Crippen molar-refractivity contribution >= 4 is 16.1 Å². The van der Waals surface area contributed by atoms with Crippen LogP contribution in [0.1, 0.15) is 24.8 Å². The molecule has 0 spiro atoms. The molecule has 1 aromatic rings. The van der Waals surface area contributed by atoms with Crippen LogP contribution in [-0.4, -0.2) is 76.5 Å². The highest BCUT2D eigenvalue weighted by Crippen LogP contribution is 2.19. The number of benzene rings is 1. The van der Waals surface area contributed by atoms with Crippen LogP contribution >= 0.6 is 0 Å². The topological polar surface area (TPSA) is 88.2 Å². The Labute approximate surface area is 168 Å². The van der Waals surface area contributed by atoms with Crippen molar-refractivity contribution in [3.8, 4) is 5.75 Å². The molecule has 2 rings (SSSR count). The predicted octanol–water partition coefficient (Wildman–Crippen LogP) is 1.03. The highest BCUT2D eigenvalue weighted by atomic mass is 32.2. The summed E-state index contributed by atoms with van der Waals surface area (Å²) in [5.41, 5.74) is 1.05. The lowest BCUT2D eigenvalue weighted by atomic mass is 10.1. The molecule has 0 aliphatic carbocycles. The first-order valence-corrected chi connectivity index (χ1v) is 10.9. The van der Waals surface area contributed by atoms with Gasteiger partial charge < -0.3 is 14.8 Å². The van der Waals surface area contributed by atoms with Crippen molar-refractivity contribution in [2.24, 2.45) is 0 Å². The van der Waals surface area contributed by atoms with E-state index < -0.39 is 10.2 Å². The molecule has 1 aliphatic heterocycles. The fourth-order valence-electron chi connectivity index (χ4n) is 3.11. The van der Waals surface area contributed by atoms with Crippen LogP contribution in [0, 0.1) is 0 Å². The maximum absolute atomic E-state index is 12.7. The summed E-state index contributed by atoms with van der Waals surface area (Å²) in [6.45, 7) is 1.64. The first-order valence-electron chi connectivity index (χ1n) is 9.51. The quantitative estimate of drug-likeness (QED) is 0.619. The second kappa shape index (κ2) is 10.8. The number of carbonyl (C=O) groups is 1. The smallest absolute Gasteiger partial charge is 0.281 e. The van der Waals surface area contributed by atoms with E-state index in [4.69, 9.17) is 9.47 Å². The molecule has 8 nitrogen and oxygen atoms in total. The van der Waals surface area contributed by atoms with Gasteiger partial charge in [-0.25, -0.2) is 0 Å². The summed E-state index contributed by atoms with van der Waals surface area (Å²) in [6, 6.07) is 7.50. The summed E-state index contributed by atoms with van der Waals surface area (Å²) in [6.07, 6.45) is 2.30. The summed E-state index contributed by atoms with van der Waals surface area (Å²) in [5.74, 6) is 0.688. The van der Waals surface area contributed by atoms with Crippen molar-refractivity contribution in [3.63, 3.8) is 0 Å². The third-order valence-electron chi connectivity index (χ3n) is 4.81. The van der Waals surface area contributed by atoms with Gasteiger partial charge in [0.25, 0.3) is 10.2 Å². The summed E-state index contributed by atoms with van der Waals surface area (Å²) in [7, 11) is 1.11. The van der Waals surface area contributed by atoms with Gasteiger partial charge >= 0.3 is 0 Å². The lowest BCUT2D eigenvalue weighted by Gasteiger charge is -2.34. The number of hydrogen-bond acceptors (Lipinski definition) is 5. The third kappa shape index (κ3) is 6.44. The van der Waals surface area contributed by atoms with Crippen molar-refractivity contribution < 1.29 is 22.7 Å². The molecule has 0 aromatic heterocycles. The van der Waals surface area contributed by atoms with Crippen molar-refractivity contribution in [1.82, 2.24) is 13.9 Å². The summed E-state index contributed by atoms with van der Waals surface area (Å²) < 4.78 is 38.5. The van der Waals surface area contributed by atoms with Gasteiger partial charge in [0.1, 0.15) is 5.75 Å². The predicted molar refractivity (Wildman–Crippen MR) is 107 cm³/mol. The van der Waals surface area contributed by atoms with Gasteiger partial charge in [0, 0.05) is 52.9 Å². The third-order valence-corrected chi connectivity index (χ3v) is 6.81. The number of aryl methyl sites for hydroxylation is 1. The fraction of sp³-hybridized carbons (Fsp3) is 0.632. The van der Waals surface area contributed by atoms with Crippen molar-refractivity contribution in [1.29, 1.82) is 0 Å². The zero-order valence-electron chi connectivity index (χ0n) is 16.9. The Balaban J connectivity index is 1.83. The summed E-state index contributed by atoms with van der Waals surface area (Å²) in [4.78, 5) is 12.1. The molecule has 0 saturated carbocycles. The van der Waals surface area contributed by atoms with Crippen LogP contribution in [-0.2, 0) is 26.2 Å². The number of ether oxygens (including phenoxy) is 2. The molecule has 1 aliphatic rings. The molecular formula is C19H31N3O5S. The number of carbonyl (C=O) groups excluding carboxylic acids is 1. The molecule has 1 saturated heterocycles. The zero-order chi connectivity index (χ0) is 20.6. The second-order valence-electron chi connectivity index (χ2n) is 6.94. The Kier molecular flexibility index (Phi) is 8.68. The second-order valence-corrected chi connectivity index (χ2v) is 9.04. The van der Waals surface area contributed by atoms with E-state index in [0.717, 1.165) is 11.3 Å². The van der Waals surface area contributed by atoms with Crippen LogP contribution in [0.4, 0.5) is 0 Å². The fourth-order valence-corrected chi connectivity index (χ4v) is 4.44. The normalized spacial score (nSPS) is 15.8. The molecule has 0 bridgehead atoms. The largest absolute Gasteiger partial charge is 0.497 e. The van der Waals surface area contributed by atoms with E-state index in [0.29, 0.717) is 38.9 Å². The van der Waals surface area contributed by atoms with Gasteiger partial charge in [0.05, 0.1) is 7.11 Å². The standard InChI is InChI=1S/C19H31N3O5S/c1-21(2)28(24,25)22(17-10-14-27-15-11-17)13-12-20-19(23)9-6-16-4-7-18(26-3)8-5-16/h4-5,7-8,17H,6,9-15H2,1-3H3,(H,20,23). The van der Waals surface area contributed by atoms with Gasteiger partial charge in [-0.3, -0.25) is 4.79 Å². The number of methoxy groups -OCH3 is 1. The number of hydrogen-bond donors (Lipinski definition) is 1. The number of nitrogens with zero attached hydrogens (tertiary/aromatic N) is 2. The molecule has 1 aromatic carbocycles. The van der Waals surface area contributed by atoms with Crippen LogP contribution in [0.25, 0.3) is 0 Å². The SMILES string of the molecule is COc1ccc(CCC(=O)NCCN(C2CCOCC2)S(=O)(=O)N(C)C)cc1. The molecule has 0 unspecified atom stereocenters. The van der Waals surface area contributed by atoms with Gasteiger partial charge in [-0.1, -0.05) is 12.1 Å². The molecule has 28 heavy (non-hydrogen) atoms. The maximum Gasteiger partial charge on any atom is 0.281 e. The summed E-state index contributed by atoms with van der Waals surface area (Å²) >= 11 is 0. The van der Waals surface area contributed by atoms with Crippen LogP contribution in [0.3, 0.4) is 0 Å². The molecule has 1 N–H and O–H groups in total. The lowest BCUT2D eigenvalue weighted by molar-refractivity contribution is -0.121. The molecule has 0 atom stereocenters. The van der Waals surface area contributed by atoms with E-state index >= 15 is 0 Å². The number of amides is 1. The Bertz CT molecular complexity index is 716. The van der Waals surface area contributed by atoms with E-state index in [1.807, 2.05) is 24.3 Å². The minimum atomic E-state index is -3.55. The van der Waals surface area contributed by atoms with E-state index in [1.165, 1.54) is 22.7 Å². The van der Waals surface area contributed by atoms with Gasteiger partial charge in [-0.15, -0.1) is 0 Å². The van der Waals surface area contributed by atoms with E-state index in [2.05, 4.69) is 5.32 Å². The van der Waals surface area contributed by atoms with E-state index in [1.54, 1.807) is 7.11 Å². The minimum absolute atomic E-state index is 0.0926. The highest BCUT2D eigenvalue weighted by molar-refractivity contribution is 7.86. The molecule has 0 radical (unpaired) electrons. The highest BCUT2D eigenvalue weighted by Gasteiger charge is 2.32. The monoisotopic (exact) mass is 413 g/mol. The van der Waals surface area contributed by atoms with Crippen molar-refractivity contribution in [2.75, 3.05) is 47.5 Å². The van der Waals surface area contributed by atoms with E-state index in [-0.39, 0.29) is 25.0 Å². The van der Waals surface area contributed by atoms with Crippen LogP contribution < -0.4 is 10.1 Å². The maximum atomic E-state index is 12.7. The zero-order valence-corrected chi connectivity index (χ0v) is 17.7. The molecule has 1 heterocycles. The molecule has 9 heteroatoms. The average Bonchev–Trinajstić information content (AvgIpc) is 2.70. The first kappa shape index (κ1) is 22.6. The van der Waals surface area contributed by atoms with Crippen molar-refractivity contribution in [3.05, 3.63) is 29.8 Å². The molecule has 1 amide bonds. The van der Waals surface area contributed by atoms with Crippen molar-refractivity contribution in [2.45, 2.75) is 31.7 Å². The Morgan fingerprint density at radius 2 is 1.86 bits per heavy atom. The minimum Gasteiger partial charge on any atom is -0.497 e.